The van der Waals surface area contributed by atoms with Gasteiger partial charge in [0.15, 0.2) is 0 Å². The summed E-state index contributed by atoms with van der Waals surface area (Å²) >= 11 is 0. The van der Waals surface area contributed by atoms with E-state index < -0.39 is 0 Å². The van der Waals surface area contributed by atoms with Crippen LogP contribution >= 0.6 is 0 Å². The van der Waals surface area contributed by atoms with Crippen molar-refractivity contribution in [1.82, 2.24) is 5.32 Å². The third-order valence-corrected chi connectivity index (χ3v) is 4.31. The second-order valence-corrected chi connectivity index (χ2v) is 5.64. The maximum atomic E-state index is 3.65. The number of aryl methyl sites for hydroxylation is 1. The second-order valence-electron chi connectivity index (χ2n) is 5.64. The van der Waals surface area contributed by atoms with E-state index >= 15 is 0 Å². The molecular formula is C19H23N. The minimum atomic E-state index is 0.539. The third kappa shape index (κ3) is 2.78. The van der Waals surface area contributed by atoms with Gasteiger partial charge in [0.05, 0.1) is 0 Å². The molecule has 0 saturated carbocycles. The highest BCUT2D eigenvalue weighted by Crippen LogP contribution is 2.30. The summed E-state index contributed by atoms with van der Waals surface area (Å²) in [7, 11) is 0. The minimum Gasteiger partial charge on any atom is -0.310 e. The Kier molecular flexibility index (Phi) is 4.17. The van der Waals surface area contributed by atoms with Crippen molar-refractivity contribution in [2.45, 2.75) is 38.6 Å². The predicted molar refractivity (Wildman–Crippen MR) is 85.9 cm³/mol. The highest BCUT2D eigenvalue weighted by molar-refractivity contribution is 5.68. The molecule has 1 saturated heterocycles. The van der Waals surface area contributed by atoms with Crippen LogP contribution in [0, 0.1) is 0 Å². The standard InChI is InChI=1S/C19H23N/c1-2-15-11-12-17(19-10-6-7-13-20-19)14-18(15)16-8-4-3-5-9-16/h3-5,8-9,11-12,14,19-20H,2,6-7,10,13H2,1H3. The van der Waals surface area contributed by atoms with Gasteiger partial charge in [0.2, 0.25) is 0 Å². The zero-order valence-electron chi connectivity index (χ0n) is 12.2. The first kappa shape index (κ1) is 13.4. The van der Waals surface area contributed by atoms with E-state index in [1.165, 1.54) is 41.5 Å². The smallest absolute Gasteiger partial charge is 0.0320 e. The molecule has 1 heterocycles. The van der Waals surface area contributed by atoms with Gasteiger partial charge >= 0.3 is 0 Å². The fourth-order valence-electron chi connectivity index (χ4n) is 3.14. The van der Waals surface area contributed by atoms with Crippen LogP contribution in [0.2, 0.25) is 0 Å². The molecule has 0 aromatic heterocycles. The van der Waals surface area contributed by atoms with Crippen LogP contribution in [0.25, 0.3) is 11.1 Å². The Morgan fingerprint density at radius 1 is 1.05 bits per heavy atom. The molecule has 2 aromatic carbocycles. The molecule has 1 atom stereocenters. The van der Waals surface area contributed by atoms with Gasteiger partial charge in [-0.3, -0.25) is 0 Å². The average molecular weight is 265 g/mol. The van der Waals surface area contributed by atoms with Gasteiger partial charge in [-0.1, -0.05) is 55.8 Å². The Morgan fingerprint density at radius 2 is 1.90 bits per heavy atom. The van der Waals surface area contributed by atoms with Gasteiger partial charge in [-0.25, -0.2) is 0 Å². The van der Waals surface area contributed by atoms with Crippen LogP contribution in [-0.4, -0.2) is 6.54 Å². The lowest BCUT2D eigenvalue weighted by Crippen LogP contribution is -2.26. The molecule has 104 valence electrons. The summed E-state index contributed by atoms with van der Waals surface area (Å²) in [6, 6.07) is 18.3. The van der Waals surface area contributed by atoms with E-state index in [9.17, 15) is 0 Å². The van der Waals surface area contributed by atoms with Crippen molar-refractivity contribution in [3.8, 4) is 11.1 Å². The van der Waals surface area contributed by atoms with E-state index in [4.69, 9.17) is 0 Å². The zero-order valence-corrected chi connectivity index (χ0v) is 12.2. The molecular weight excluding hydrogens is 242 g/mol. The summed E-state index contributed by atoms with van der Waals surface area (Å²) in [4.78, 5) is 0. The van der Waals surface area contributed by atoms with Crippen LogP contribution in [0.4, 0.5) is 0 Å². The van der Waals surface area contributed by atoms with Gasteiger partial charge in [0, 0.05) is 6.04 Å². The molecule has 0 amide bonds. The molecule has 1 aliphatic heterocycles. The largest absolute Gasteiger partial charge is 0.310 e. The molecule has 3 rings (SSSR count). The Hall–Kier alpha value is -1.60. The third-order valence-electron chi connectivity index (χ3n) is 4.31. The number of rotatable bonds is 3. The summed E-state index contributed by atoms with van der Waals surface area (Å²) in [6.07, 6.45) is 5.01. The Morgan fingerprint density at radius 3 is 2.60 bits per heavy atom. The van der Waals surface area contributed by atoms with Gasteiger partial charge < -0.3 is 5.32 Å². The van der Waals surface area contributed by atoms with Crippen LogP contribution in [0.5, 0.6) is 0 Å². The molecule has 1 heteroatoms. The van der Waals surface area contributed by atoms with Gasteiger partial charge in [-0.15, -0.1) is 0 Å². The fraction of sp³-hybridized carbons (Fsp3) is 0.368. The molecule has 1 N–H and O–H groups in total. The summed E-state index contributed by atoms with van der Waals surface area (Å²) in [5, 5.41) is 3.65. The van der Waals surface area contributed by atoms with Crippen LogP contribution in [-0.2, 0) is 6.42 Å². The number of hydrogen-bond acceptors (Lipinski definition) is 1. The van der Waals surface area contributed by atoms with Crippen molar-refractivity contribution in [1.29, 1.82) is 0 Å². The van der Waals surface area contributed by atoms with Crippen LogP contribution in [0.1, 0.15) is 43.4 Å². The van der Waals surface area contributed by atoms with E-state index in [2.05, 4.69) is 60.8 Å². The number of benzene rings is 2. The van der Waals surface area contributed by atoms with Crippen molar-refractivity contribution >= 4 is 0 Å². The summed E-state index contributed by atoms with van der Waals surface area (Å²) in [5.74, 6) is 0. The fourth-order valence-corrected chi connectivity index (χ4v) is 3.14. The maximum Gasteiger partial charge on any atom is 0.0320 e. The van der Waals surface area contributed by atoms with Crippen molar-refractivity contribution in [2.24, 2.45) is 0 Å². The minimum absolute atomic E-state index is 0.539. The number of piperidine rings is 1. The number of nitrogens with one attached hydrogen (secondary N) is 1. The normalized spacial score (nSPS) is 18.9. The van der Waals surface area contributed by atoms with Crippen molar-refractivity contribution in [2.75, 3.05) is 6.54 Å². The molecule has 20 heavy (non-hydrogen) atoms. The van der Waals surface area contributed by atoms with E-state index in [-0.39, 0.29) is 0 Å². The highest BCUT2D eigenvalue weighted by Gasteiger charge is 2.16. The Labute approximate surface area is 122 Å². The van der Waals surface area contributed by atoms with E-state index in [0.717, 1.165) is 13.0 Å². The zero-order chi connectivity index (χ0) is 13.8. The molecule has 2 aromatic rings. The van der Waals surface area contributed by atoms with Crippen molar-refractivity contribution in [3.05, 3.63) is 59.7 Å². The van der Waals surface area contributed by atoms with Crippen LogP contribution in [0.15, 0.2) is 48.5 Å². The molecule has 1 fully saturated rings. The molecule has 0 bridgehead atoms. The Balaban J connectivity index is 1.98. The Bertz CT molecular complexity index is 553. The van der Waals surface area contributed by atoms with Crippen LogP contribution < -0.4 is 5.32 Å². The predicted octanol–water partition coefficient (Wildman–Crippen LogP) is 4.73. The monoisotopic (exact) mass is 265 g/mol. The molecule has 1 nitrogen and oxygen atoms in total. The summed E-state index contributed by atoms with van der Waals surface area (Å²) < 4.78 is 0. The van der Waals surface area contributed by atoms with E-state index in [0.29, 0.717) is 6.04 Å². The van der Waals surface area contributed by atoms with Gasteiger partial charge in [-0.2, -0.15) is 0 Å². The second kappa shape index (κ2) is 6.23. The van der Waals surface area contributed by atoms with E-state index in [1.54, 1.807) is 0 Å². The van der Waals surface area contributed by atoms with Gasteiger partial charge in [0.25, 0.3) is 0 Å². The van der Waals surface area contributed by atoms with Gasteiger partial charge in [0.1, 0.15) is 0 Å². The molecule has 0 radical (unpaired) electrons. The number of hydrogen-bond donors (Lipinski definition) is 1. The summed E-state index contributed by atoms with van der Waals surface area (Å²) in [6.45, 7) is 3.39. The first-order valence-corrected chi connectivity index (χ1v) is 7.80. The van der Waals surface area contributed by atoms with E-state index in [1.807, 2.05) is 0 Å². The van der Waals surface area contributed by atoms with Crippen molar-refractivity contribution in [3.63, 3.8) is 0 Å². The van der Waals surface area contributed by atoms with Gasteiger partial charge in [-0.05, 0) is 54.1 Å². The maximum absolute atomic E-state index is 3.65. The lowest BCUT2D eigenvalue weighted by atomic mass is 9.91. The quantitative estimate of drug-likeness (QED) is 0.846. The lowest BCUT2D eigenvalue weighted by molar-refractivity contribution is 0.412. The first-order chi connectivity index (χ1) is 9.88. The highest BCUT2D eigenvalue weighted by atomic mass is 14.9. The topological polar surface area (TPSA) is 12.0 Å². The summed E-state index contributed by atoms with van der Waals surface area (Å²) in [5.41, 5.74) is 5.62. The lowest BCUT2D eigenvalue weighted by Gasteiger charge is -2.25. The molecule has 0 aliphatic carbocycles. The van der Waals surface area contributed by atoms with Crippen molar-refractivity contribution < 1.29 is 0 Å². The molecule has 1 aliphatic rings. The molecule has 1 unspecified atom stereocenters. The molecule has 0 spiro atoms. The average Bonchev–Trinajstić information content (AvgIpc) is 2.56. The van der Waals surface area contributed by atoms with Crippen LogP contribution in [0.3, 0.4) is 0 Å². The first-order valence-electron chi connectivity index (χ1n) is 7.80. The SMILES string of the molecule is CCc1ccc(C2CCCCN2)cc1-c1ccccc1.